The predicted octanol–water partition coefficient (Wildman–Crippen LogP) is 3.13. The lowest BCUT2D eigenvalue weighted by Crippen LogP contribution is -2.50. The van der Waals surface area contributed by atoms with E-state index in [1.807, 2.05) is 18.5 Å². The third-order valence-electron chi connectivity index (χ3n) is 5.30. The first-order valence-corrected chi connectivity index (χ1v) is 9.86. The van der Waals surface area contributed by atoms with E-state index in [0.29, 0.717) is 12.0 Å². The lowest BCUT2D eigenvalue weighted by molar-refractivity contribution is 0.142. The minimum Gasteiger partial charge on any atom is -0.385 e. The van der Waals surface area contributed by atoms with E-state index < -0.39 is 0 Å². The van der Waals surface area contributed by atoms with Crippen molar-refractivity contribution in [1.29, 1.82) is 0 Å². The van der Waals surface area contributed by atoms with E-state index in [1.54, 1.807) is 7.11 Å². The highest BCUT2D eigenvalue weighted by Gasteiger charge is 2.31. The molecule has 1 fully saturated rings. The van der Waals surface area contributed by atoms with Crippen LogP contribution in [0.4, 0.5) is 0 Å². The van der Waals surface area contributed by atoms with Gasteiger partial charge in [-0.3, -0.25) is 0 Å². The van der Waals surface area contributed by atoms with Crippen molar-refractivity contribution in [2.75, 3.05) is 33.4 Å². The molecule has 1 N–H and O–H groups in total. The van der Waals surface area contributed by atoms with Crippen LogP contribution in [0.25, 0.3) is 0 Å². The molecule has 1 aromatic rings. The Hall–Kier alpha value is -0.900. The summed E-state index contributed by atoms with van der Waals surface area (Å²) in [5, 5.41) is 11.9. The SMILES string of the molecule is CCCC1(C)CCCN(C(=NCc2nnc(C)n2C)NCCCOC)C1.I. The molecule has 8 heteroatoms. The van der Waals surface area contributed by atoms with Crippen LogP contribution in [0.1, 0.15) is 57.6 Å². The fourth-order valence-corrected chi connectivity index (χ4v) is 3.72. The Balaban J connectivity index is 0.00000364. The second-order valence-electron chi connectivity index (χ2n) is 7.72. The molecule has 1 aliphatic rings. The molecule has 0 amide bonds. The third kappa shape index (κ3) is 7.21. The van der Waals surface area contributed by atoms with Crippen LogP contribution in [-0.4, -0.2) is 59.0 Å². The number of nitrogens with zero attached hydrogens (tertiary/aromatic N) is 5. The maximum Gasteiger partial charge on any atom is 0.194 e. The van der Waals surface area contributed by atoms with E-state index >= 15 is 0 Å². The standard InChI is InChI=1S/C19H36N6O.HI/c1-6-9-19(3)10-7-12-25(15-19)18(20-11-8-13-26-5)21-14-17-23-22-16(2)24(17)4;/h6-15H2,1-5H3,(H,20,21);1H. The number of piperidine rings is 1. The molecule has 0 radical (unpaired) electrons. The van der Waals surface area contributed by atoms with Crippen molar-refractivity contribution in [2.24, 2.45) is 17.5 Å². The Morgan fingerprint density at radius 2 is 2.15 bits per heavy atom. The number of guanidine groups is 1. The Morgan fingerprint density at radius 1 is 1.37 bits per heavy atom. The van der Waals surface area contributed by atoms with Gasteiger partial charge in [-0.1, -0.05) is 20.3 Å². The van der Waals surface area contributed by atoms with Crippen LogP contribution in [0.2, 0.25) is 0 Å². The van der Waals surface area contributed by atoms with E-state index in [0.717, 1.165) is 50.3 Å². The Kier molecular flexibility index (Phi) is 10.6. The summed E-state index contributed by atoms with van der Waals surface area (Å²) in [6, 6.07) is 0. The first-order valence-electron chi connectivity index (χ1n) is 9.86. The highest BCUT2D eigenvalue weighted by Crippen LogP contribution is 2.33. The van der Waals surface area contributed by atoms with Gasteiger partial charge in [-0.25, -0.2) is 4.99 Å². The molecule has 0 saturated carbocycles. The molecule has 2 heterocycles. The fourth-order valence-electron chi connectivity index (χ4n) is 3.72. The third-order valence-corrected chi connectivity index (χ3v) is 5.30. The number of halogens is 1. The minimum atomic E-state index is 0. The number of likely N-dealkylation sites (tertiary alicyclic amines) is 1. The molecule has 1 atom stereocenters. The maximum atomic E-state index is 5.17. The van der Waals surface area contributed by atoms with Gasteiger partial charge in [-0.15, -0.1) is 34.2 Å². The van der Waals surface area contributed by atoms with Crippen LogP contribution >= 0.6 is 24.0 Å². The zero-order valence-electron chi connectivity index (χ0n) is 17.6. The number of ether oxygens (including phenoxy) is 1. The summed E-state index contributed by atoms with van der Waals surface area (Å²) in [6.07, 6.45) is 5.99. The number of hydrogen-bond donors (Lipinski definition) is 1. The van der Waals surface area contributed by atoms with Gasteiger partial charge in [0.1, 0.15) is 12.4 Å². The molecule has 1 aromatic heterocycles. The summed E-state index contributed by atoms with van der Waals surface area (Å²) in [5.74, 6) is 2.80. The van der Waals surface area contributed by atoms with Gasteiger partial charge in [0, 0.05) is 40.4 Å². The highest BCUT2D eigenvalue weighted by atomic mass is 127. The van der Waals surface area contributed by atoms with Gasteiger partial charge in [0.15, 0.2) is 11.8 Å². The number of rotatable bonds is 8. The van der Waals surface area contributed by atoms with E-state index in [1.165, 1.54) is 25.7 Å². The van der Waals surface area contributed by atoms with Gasteiger partial charge in [0.25, 0.3) is 0 Å². The molecule has 7 nitrogen and oxygen atoms in total. The summed E-state index contributed by atoms with van der Waals surface area (Å²) >= 11 is 0. The van der Waals surface area contributed by atoms with Crippen molar-refractivity contribution < 1.29 is 4.74 Å². The van der Waals surface area contributed by atoms with Crippen molar-refractivity contribution >= 4 is 29.9 Å². The van der Waals surface area contributed by atoms with Gasteiger partial charge >= 0.3 is 0 Å². The van der Waals surface area contributed by atoms with Crippen molar-refractivity contribution in [2.45, 2.75) is 59.4 Å². The van der Waals surface area contributed by atoms with Crippen molar-refractivity contribution in [3.05, 3.63) is 11.6 Å². The summed E-state index contributed by atoms with van der Waals surface area (Å²) in [6.45, 7) is 11.0. The molecular weight excluding hydrogens is 455 g/mol. The minimum absolute atomic E-state index is 0. The van der Waals surface area contributed by atoms with Crippen LogP contribution in [0.5, 0.6) is 0 Å². The molecule has 1 aliphatic heterocycles. The van der Waals surface area contributed by atoms with E-state index in [9.17, 15) is 0 Å². The van der Waals surface area contributed by atoms with E-state index in [4.69, 9.17) is 9.73 Å². The summed E-state index contributed by atoms with van der Waals surface area (Å²) in [5.41, 5.74) is 0.378. The van der Waals surface area contributed by atoms with Gasteiger partial charge in [-0.2, -0.15) is 0 Å². The molecule has 0 spiro atoms. The molecule has 1 saturated heterocycles. The first kappa shape index (κ1) is 24.1. The molecule has 2 rings (SSSR count). The summed E-state index contributed by atoms with van der Waals surface area (Å²) < 4.78 is 7.17. The lowest BCUT2D eigenvalue weighted by atomic mass is 9.78. The average Bonchev–Trinajstić information content (AvgIpc) is 2.93. The summed E-state index contributed by atoms with van der Waals surface area (Å²) in [7, 11) is 3.73. The van der Waals surface area contributed by atoms with Crippen LogP contribution in [-0.2, 0) is 18.3 Å². The van der Waals surface area contributed by atoms with Gasteiger partial charge in [-0.05, 0) is 38.0 Å². The monoisotopic (exact) mass is 492 g/mol. The zero-order chi connectivity index (χ0) is 19.0. The number of aryl methyl sites for hydroxylation is 1. The predicted molar refractivity (Wildman–Crippen MR) is 121 cm³/mol. The van der Waals surface area contributed by atoms with Gasteiger partial charge in [0.2, 0.25) is 0 Å². The second-order valence-corrected chi connectivity index (χ2v) is 7.72. The first-order chi connectivity index (χ1) is 12.5. The molecule has 27 heavy (non-hydrogen) atoms. The van der Waals surface area contributed by atoms with Gasteiger partial charge in [0.05, 0.1) is 0 Å². The highest BCUT2D eigenvalue weighted by molar-refractivity contribution is 14.0. The molecular formula is C19H37IN6O. The molecule has 0 aliphatic carbocycles. The molecule has 156 valence electrons. The number of hydrogen-bond acceptors (Lipinski definition) is 4. The zero-order valence-corrected chi connectivity index (χ0v) is 20.0. The van der Waals surface area contributed by atoms with Crippen molar-refractivity contribution in [3.63, 3.8) is 0 Å². The normalized spacial score (nSPS) is 20.5. The number of aromatic nitrogens is 3. The number of aliphatic imine (C=N–C) groups is 1. The second kappa shape index (κ2) is 11.8. The largest absolute Gasteiger partial charge is 0.385 e. The Labute approximate surface area is 181 Å². The van der Waals surface area contributed by atoms with Crippen molar-refractivity contribution in [3.8, 4) is 0 Å². The molecule has 0 bridgehead atoms. The van der Waals surface area contributed by atoms with Crippen LogP contribution in [0, 0.1) is 12.3 Å². The quantitative estimate of drug-likeness (QED) is 0.262. The maximum absolute atomic E-state index is 5.17. The van der Waals surface area contributed by atoms with Crippen LogP contribution in [0.15, 0.2) is 4.99 Å². The van der Waals surface area contributed by atoms with Crippen molar-refractivity contribution in [1.82, 2.24) is 25.0 Å². The topological polar surface area (TPSA) is 67.6 Å². The fraction of sp³-hybridized carbons (Fsp3) is 0.842. The van der Waals surface area contributed by atoms with Crippen LogP contribution in [0.3, 0.4) is 0 Å². The number of nitrogens with one attached hydrogen (secondary N) is 1. The summed E-state index contributed by atoms with van der Waals surface area (Å²) in [4.78, 5) is 7.31. The number of methoxy groups -OCH3 is 1. The smallest absolute Gasteiger partial charge is 0.194 e. The Bertz CT molecular complexity index is 587. The average molecular weight is 492 g/mol. The van der Waals surface area contributed by atoms with Crippen LogP contribution < -0.4 is 5.32 Å². The lowest BCUT2D eigenvalue weighted by Gasteiger charge is -2.42. The van der Waals surface area contributed by atoms with E-state index in [2.05, 4.69) is 34.3 Å². The molecule has 1 unspecified atom stereocenters. The van der Waals surface area contributed by atoms with Gasteiger partial charge < -0.3 is 19.5 Å². The molecule has 0 aromatic carbocycles. The Morgan fingerprint density at radius 3 is 2.78 bits per heavy atom. The van der Waals surface area contributed by atoms with E-state index in [-0.39, 0.29) is 24.0 Å².